The fourth-order valence-corrected chi connectivity index (χ4v) is 4.76. The molecule has 1 aliphatic rings. The molecule has 5 rings (SSSR count). The summed E-state index contributed by atoms with van der Waals surface area (Å²) in [6.07, 6.45) is 5.91. The lowest BCUT2D eigenvalue weighted by Gasteiger charge is -2.16. The molecule has 0 aliphatic carbocycles. The summed E-state index contributed by atoms with van der Waals surface area (Å²) in [5, 5.41) is 8.13. The van der Waals surface area contributed by atoms with Crippen LogP contribution in [0.4, 0.5) is 5.95 Å². The predicted molar refractivity (Wildman–Crippen MR) is 136 cm³/mol. The summed E-state index contributed by atoms with van der Waals surface area (Å²) in [6.45, 7) is 7.63. The number of pyridine rings is 1. The topological polar surface area (TPSA) is 87.8 Å². The molecule has 0 unspecified atom stereocenters. The van der Waals surface area contributed by atoms with Gasteiger partial charge in [-0.25, -0.2) is 4.52 Å². The van der Waals surface area contributed by atoms with Crippen molar-refractivity contribution < 1.29 is 9.59 Å². The average molecular weight is 474 g/mol. The summed E-state index contributed by atoms with van der Waals surface area (Å²) in [7, 11) is 1.97. The lowest BCUT2D eigenvalue weighted by atomic mass is 10.0. The van der Waals surface area contributed by atoms with Crippen LogP contribution in [-0.4, -0.2) is 73.5 Å². The van der Waals surface area contributed by atoms with E-state index < -0.39 is 0 Å². The van der Waals surface area contributed by atoms with Crippen LogP contribution in [0.15, 0.2) is 42.7 Å². The number of likely N-dealkylation sites (tertiary alicyclic amines) is 1. The second-order valence-electron chi connectivity index (χ2n) is 9.05. The van der Waals surface area contributed by atoms with Gasteiger partial charge in [0.05, 0.1) is 12.1 Å². The molecule has 0 bridgehead atoms. The molecular formula is C26H31N7O2. The molecule has 2 amide bonds. The van der Waals surface area contributed by atoms with Crippen LogP contribution in [0.1, 0.15) is 37.0 Å². The van der Waals surface area contributed by atoms with Gasteiger partial charge in [-0.1, -0.05) is 19.9 Å². The third kappa shape index (κ3) is 4.51. The molecule has 0 spiro atoms. The number of fused-ring (bicyclic) bond motifs is 2. The van der Waals surface area contributed by atoms with Gasteiger partial charge in [0.25, 0.3) is 5.91 Å². The number of amides is 2. The molecule has 4 aromatic rings. The van der Waals surface area contributed by atoms with Crippen molar-refractivity contribution in [3.8, 4) is 11.1 Å². The van der Waals surface area contributed by atoms with E-state index in [9.17, 15) is 9.59 Å². The minimum Gasteiger partial charge on any atom is -0.350 e. The number of rotatable bonds is 7. The molecule has 9 nitrogen and oxygen atoms in total. The van der Waals surface area contributed by atoms with Gasteiger partial charge in [0.15, 0.2) is 5.65 Å². The number of carbonyl (C=O) groups excluding carboxylic acids is 2. The zero-order chi connectivity index (χ0) is 24.5. The largest absolute Gasteiger partial charge is 0.350 e. The van der Waals surface area contributed by atoms with Crippen LogP contribution in [0.25, 0.3) is 27.7 Å². The van der Waals surface area contributed by atoms with Crippen LogP contribution in [-0.2, 0) is 11.8 Å². The van der Waals surface area contributed by atoms with Gasteiger partial charge >= 0.3 is 0 Å². The first kappa shape index (κ1) is 23.0. The highest BCUT2D eigenvalue weighted by Crippen LogP contribution is 2.29. The van der Waals surface area contributed by atoms with Gasteiger partial charge in [-0.15, -0.1) is 5.10 Å². The van der Waals surface area contributed by atoms with Crippen LogP contribution in [0.5, 0.6) is 0 Å². The first-order valence-electron chi connectivity index (χ1n) is 12.2. The van der Waals surface area contributed by atoms with Crippen LogP contribution < -0.4 is 5.32 Å². The quantitative estimate of drug-likeness (QED) is 0.445. The van der Waals surface area contributed by atoms with Gasteiger partial charge < -0.3 is 9.47 Å². The summed E-state index contributed by atoms with van der Waals surface area (Å²) in [4.78, 5) is 34.0. The third-order valence-corrected chi connectivity index (χ3v) is 6.80. The molecule has 1 aromatic carbocycles. The molecule has 9 heteroatoms. The van der Waals surface area contributed by atoms with E-state index in [1.54, 1.807) is 4.52 Å². The zero-order valence-electron chi connectivity index (χ0n) is 20.5. The molecule has 3 aromatic heterocycles. The molecule has 0 atom stereocenters. The number of benzene rings is 1. The highest BCUT2D eigenvalue weighted by molar-refractivity contribution is 6.08. The summed E-state index contributed by atoms with van der Waals surface area (Å²) in [5.74, 6) is 0.258. The van der Waals surface area contributed by atoms with Crippen molar-refractivity contribution >= 4 is 34.3 Å². The van der Waals surface area contributed by atoms with Gasteiger partial charge in [0.2, 0.25) is 11.9 Å². The van der Waals surface area contributed by atoms with E-state index in [1.165, 1.54) is 0 Å². The van der Waals surface area contributed by atoms with Gasteiger partial charge in [-0.05, 0) is 61.3 Å². The number of hydrogen-bond acceptors (Lipinski definition) is 5. The molecule has 0 saturated carbocycles. The SMILES string of the molecule is CCN(CC)CC(=O)Nc1nc2cc(-c3ccc4c(c3)c(C(=O)N3CCCC3)cn4C)ccn2n1. The normalized spacial score (nSPS) is 13.9. The monoisotopic (exact) mass is 473 g/mol. The first-order valence-corrected chi connectivity index (χ1v) is 12.2. The maximum Gasteiger partial charge on any atom is 0.256 e. The van der Waals surface area contributed by atoms with Crippen LogP contribution in [0, 0.1) is 0 Å². The lowest BCUT2D eigenvalue weighted by Crippen LogP contribution is -2.33. The fourth-order valence-electron chi connectivity index (χ4n) is 4.76. The van der Waals surface area contributed by atoms with E-state index in [2.05, 4.69) is 33.6 Å². The summed E-state index contributed by atoms with van der Waals surface area (Å²) in [5.41, 5.74) is 4.38. The first-order chi connectivity index (χ1) is 17.0. The van der Waals surface area contributed by atoms with Gasteiger partial charge in [-0.3, -0.25) is 19.8 Å². The predicted octanol–water partition coefficient (Wildman–Crippen LogP) is 3.40. The van der Waals surface area contributed by atoms with Crippen molar-refractivity contribution in [1.82, 2.24) is 29.0 Å². The Kier molecular flexibility index (Phi) is 6.25. The minimum atomic E-state index is -0.130. The van der Waals surface area contributed by atoms with E-state index in [-0.39, 0.29) is 17.8 Å². The van der Waals surface area contributed by atoms with E-state index in [0.717, 1.165) is 66.6 Å². The van der Waals surface area contributed by atoms with E-state index in [0.29, 0.717) is 12.2 Å². The standard InChI is InChI=1S/C26H31N7O2/c1-4-31(5-2)17-24(34)28-26-27-23-15-19(10-13-33(23)29-26)18-8-9-22-20(14-18)21(16-30(22)3)25(35)32-11-6-7-12-32/h8-10,13-16H,4-7,11-12,17H2,1-3H3,(H,28,29,34). The van der Waals surface area contributed by atoms with Crippen molar-refractivity contribution in [2.24, 2.45) is 7.05 Å². The van der Waals surface area contributed by atoms with Gasteiger partial charge in [0.1, 0.15) is 0 Å². The van der Waals surface area contributed by atoms with Crippen molar-refractivity contribution in [1.29, 1.82) is 0 Å². The molecule has 1 N–H and O–H groups in total. The maximum atomic E-state index is 13.1. The van der Waals surface area contributed by atoms with Crippen molar-refractivity contribution in [3.05, 3.63) is 48.3 Å². The van der Waals surface area contributed by atoms with Crippen molar-refractivity contribution in [2.75, 3.05) is 38.0 Å². The Labute approximate surface area is 204 Å². The van der Waals surface area contributed by atoms with Gasteiger partial charge in [-0.2, -0.15) is 4.98 Å². The third-order valence-electron chi connectivity index (χ3n) is 6.80. The Bertz CT molecular complexity index is 1390. The fraction of sp³-hybridized carbons (Fsp3) is 0.385. The average Bonchev–Trinajstić information content (AvgIpc) is 3.60. The Balaban J connectivity index is 1.43. The molecule has 35 heavy (non-hydrogen) atoms. The second-order valence-corrected chi connectivity index (χ2v) is 9.05. The Morgan fingerprint density at radius 2 is 1.80 bits per heavy atom. The smallest absolute Gasteiger partial charge is 0.256 e. The summed E-state index contributed by atoms with van der Waals surface area (Å²) < 4.78 is 3.66. The van der Waals surface area contributed by atoms with Crippen molar-refractivity contribution in [3.63, 3.8) is 0 Å². The molecule has 1 aliphatic heterocycles. The number of hydrogen-bond donors (Lipinski definition) is 1. The van der Waals surface area contributed by atoms with Crippen LogP contribution in [0.2, 0.25) is 0 Å². The minimum absolute atomic E-state index is 0.100. The number of aromatic nitrogens is 4. The Morgan fingerprint density at radius 1 is 1.06 bits per heavy atom. The Hall–Kier alpha value is -3.72. The van der Waals surface area contributed by atoms with Crippen LogP contribution >= 0.6 is 0 Å². The number of anilines is 1. The molecule has 1 saturated heterocycles. The molecule has 4 heterocycles. The molecule has 182 valence electrons. The lowest BCUT2D eigenvalue weighted by molar-refractivity contribution is -0.117. The summed E-state index contributed by atoms with van der Waals surface area (Å²) >= 11 is 0. The number of likely N-dealkylation sites (N-methyl/N-ethyl adjacent to an activating group) is 1. The molecule has 0 radical (unpaired) electrons. The number of nitrogens with zero attached hydrogens (tertiary/aromatic N) is 6. The highest BCUT2D eigenvalue weighted by atomic mass is 16.2. The summed E-state index contributed by atoms with van der Waals surface area (Å²) in [6, 6.07) is 10.1. The van der Waals surface area contributed by atoms with E-state index in [1.807, 2.05) is 59.8 Å². The molecular weight excluding hydrogens is 442 g/mol. The van der Waals surface area contributed by atoms with Gasteiger partial charge in [0, 0.05) is 43.4 Å². The number of nitrogens with one attached hydrogen (secondary N) is 1. The van der Waals surface area contributed by atoms with E-state index in [4.69, 9.17) is 0 Å². The van der Waals surface area contributed by atoms with E-state index >= 15 is 0 Å². The highest BCUT2D eigenvalue weighted by Gasteiger charge is 2.23. The second kappa shape index (κ2) is 9.50. The Morgan fingerprint density at radius 3 is 2.54 bits per heavy atom. The number of aryl methyl sites for hydroxylation is 1. The maximum absolute atomic E-state index is 13.1. The van der Waals surface area contributed by atoms with Crippen LogP contribution in [0.3, 0.4) is 0 Å². The zero-order valence-corrected chi connectivity index (χ0v) is 20.5. The number of carbonyl (C=O) groups is 2. The molecule has 1 fully saturated rings. The van der Waals surface area contributed by atoms with Crippen molar-refractivity contribution in [2.45, 2.75) is 26.7 Å².